The van der Waals surface area contributed by atoms with Crippen LogP contribution < -0.4 is 4.74 Å². The number of carbonyl (C=O) groups is 1. The molecule has 0 spiro atoms. The van der Waals surface area contributed by atoms with Crippen molar-refractivity contribution >= 4 is 27.5 Å². The van der Waals surface area contributed by atoms with E-state index in [9.17, 15) is 18.0 Å². The number of hydrogen-bond acceptors (Lipinski definition) is 4. The molecule has 1 aromatic heterocycles. The molecule has 0 saturated heterocycles. The highest BCUT2D eigenvalue weighted by Crippen LogP contribution is 2.27. The average Bonchev–Trinajstić information content (AvgIpc) is 3.03. The van der Waals surface area contributed by atoms with Crippen LogP contribution in [-0.4, -0.2) is 29.2 Å². The predicted molar refractivity (Wildman–Crippen MR) is 97.5 cm³/mol. The van der Waals surface area contributed by atoms with E-state index in [1.54, 1.807) is 13.1 Å². The number of thiazole rings is 1. The standard InChI is InChI=1S/C19H17F3N2O2S/c1-24(12-13-6-2-4-8-15(13)26-19(20,21)22)18(25)11-10-17-23-14-7-3-5-9-16(14)27-17/h2-9H,10-12H2,1H3. The number of aromatic nitrogens is 1. The molecule has 8 heteroatoms. The Morgan fingerprint density at radius 1 is 1.15 bits per heavy atom. The zero-order chi connectivity index (χ0) is 19.4. The van der Waals surface area contributed by atoms with Gasteiger partial charge in [-0.2, -0.15) is 0 Å². The Morgan fingerprint density at radius 2 is 1.85 bits per heavy atom. The van der Waals surface area contributed by atoms with Gasteiger partial charge in [0.05, 0.1) is 15.2 Å². The van der Waals surface area contributed by atoms with Gasteiger partial charge >= 0.3 is 6.36 Å². The van der Waals surface area contributed by atoms with Gasteiger partial charge in [0.25, 0.3) is 0 Å². The molecule has 0 atom stereocenters. The SMILES string of the molecule is CN(Cc1ccccc1OC(F)(F)F)C(=O)CCc1nc2ccccc2s1. The van der Waals surface area contributed by atoms with Gasteiger partial charge in [0.15, 0.2) is 0 Å². The molecule has 0 unspecified atom stereocenters. The van der Waals surface area contributed by atoms with E-state index in [-0.39, 0.29) is 24.6 Å². The number of benzene rings is 2. The number of alkyl halides is 3. The van der Waals surface area contributed by atoms with Crippen LogP contribution in [-0.2, 0) is 17.8 Å². The van der Waals surface area contributed by atoms with E-state index < -0.39 is 6.36 Å². The normalized spacial score (nSPS) is 11.6. The molecule has 2 aromatic carbocycles. The van der Waals surface area contributed by atoms with E-state index in [1.165, 1.54) is 34.4 Å². The number of fused-ring (bicyclic) bond motifs is 1. The summed E-state index contributed by atoms with van der Waals surface area (Å²) in [6.45, 7) is 0.0327. The average molecular weight is 394 g/mol. The topological polar surface area (TPSA) is 42.4 Å². The summed E-state index contributed by atoms with van der Waals surface area (Å²) in [6.07, 6.45) is -4.05. The van der Waals surface area contributed by atoms with Crippen molar-refractivity contribution in [1.82, 2.24) is 9.88 Å². The Hall–Kier alpha value is -2.61. The van der Waals surface area contributed by atoms with Crippen molar-refractivity contribution in [3.63, 3.8) is 0 Å². The molecule has 0 bridgehead atoms. The number of para-hydroxylation sites is 2. The fraction of sp³-hybridized carbons (Fsp3) is 0.263. The maximum Gasteiger partial charge on any atom is 0.573 e. The van der Waals surface area contributed by atoms with E-state index in [0.29, 0.717) is 12.0 Å². The molecule has 27 heavy (non-hydrogen) atoms. The zero-order valence-electron chi connectivity index (χ0n) is 14.5. The quantitative estimate of drug-likeness (QED) is 0.604. The van der Waals surface area contributed by atoms with Gasteiger partial charge in [0, 0.05) is 32.0 Å². The molecule has 0 radical (unpaired) electrons. The summed E-state index contributed by atoms with van der Waals surface area (Å²) in [5.41, 5.74) is 1.20. The molecule has 142 valence electrons. The van der Waals surface area contributed by atoms with Gasteiger partial charge in [-0.25, -0.2) is 4.98 Å². The molecule has 1 heterocycles. The smallest absolute Gasteiger partial charge is 0.405 e. The summed E-state index contributed by atoms with van der Waals surface area (Å²) in [4.78, 5) is 18.3. The summed E-state index contributed by atoms with van der Waals surface area (Å²) < 4.78 is 42.6. The number of aryl methyl sites for hydroxylation is 1. The van der Waals surface area contributed by atoms with Gasteiger partial charge in [-0.3, -0.25) is 4.79 Å². The summed E-state index contributed by atoms with van der Waals surface area (Å²) in [5, 5.41) is 0.860. The molecule has 0 aliphatic carbocycles. The number of halogens is 3. The van der Waals surface area contributed by atoms with E-state index in [2.05, 4.69) is 9.72 Å². The Labute approximate surface area is 158 Å². The van der Waals surface area contributed by atoms with Crippen LogP contribution in [0.25, 0.3) is 10.2 Å². The molecule has 0 fully saturated rings. The lowest BCUT2D eigenvalue weighted by Crippen LogP contribution is -2.27. The number of hydrogen-bond donors (Lipinski definition) is 0. The number of ether oxygens (including phenoxy) is 1. The second-order valence-electron chi connectivity index (χ2n) is 5.98. The maximum atomic E-state index is 12.5. The highest BCUT2D eigenvalue weighted by Gasteiger charge is 2.32. The minimum atomic E-state index is -4.77. The first-order valence-electron chi connectivity index (χ1n) is 8.24. The van der Waals surface area contributed by atoms with Gasteiger partial charge in [-0.05, 0) is 18.2 Å². The highest BCUT2D eigenvalue weighted by atomic mass is 32.1. The third kappa shape index (κ3) is 5.19. The lowest BCUT2D eigenvalue weighted by atomic mass is 10.2. The van der Waals surface area contributed by atoms with Crippen LogP contribution in [0.1, 0.15) is 17.0 Å². The summed E-state index contributed by atoms with van der Waals surface area (Å²) in [5.74, 6) is -0.466. The first-order valence-corrected chi connectivity index (χ1v) is 9.05. The Kier molecular flexibility index (Phi) is 5.65. The molecule has 0 saturated carbocycles. The minimum Gasteiger partial charge on any atom is -0.405 e. The van der Waals surface area contributed by atoms with Crippen LogP contribution in [0, 0.1) is 0 Å². The summed E-state index contributed by atoms with van der Waals surface area (Å²) in [7, 11) is 1.56. The number of rotatable bonds is 6. The molecule has 3 rings (SSSR count). The van der Waals surface area contributed by atoms with Crippen molar-refractivity contribution in [3.8, 4) is 5.75 Å². The van der Waals surface area contributed by atoms with Crippen LogP contribution in [0.2, 0.25) is 0 Å². The Morgan fingerprint density at radius 3 is 2.59 bits per heavy atom. The van der Waals surface area contributed by atoms with Crippen LogP contribution in [0.15, 0.2) is 48.5 Å². The van der Waals surface area contributed by atoms with Crippen LogP contribution in [0.5, 0.6) is 5.75 Å². The van der Waals surface area contributed by atoms with Crippen LogP contribution in [0.3, 0.4) is 0 Å². The molecule has 3 aromatic rings. The lowest BCUT2D eigenvalue weighted by Gasteiger charge is -2.19. The summed E-state index contributed by atoms with van der Waals surface area (Å²) >= 11 is 1.54. The van der Waals surface area contributed by atoms with E-state index >= 15 is 0 Å². The van der Waals surface area contributed by atoms with Crippen molar-refractivity contribution in [3.05, 3.63) is 59.1 Å². The van der Waals surface area contributed by atoms with Crippen molar-refractivity contribution in [2.75, 3.05) is 7.05 Å². The van der Waals surface area contributed by atoms with Crippen molar-refractivity contribution in [2.24, 2.45) is 0 Å². The molecular weight excluding hydrogens is 377 g/mol. The molecular formula is C19H17F3N2O2S. The Balaban J connectivity index is 1.61. The molecule has 0 aliphatic heterocycles. The van der Waals surface area contributed by atoms with E-state index in [1.807, 2.05) is 24.3 Å². The first-order chi connectivity index (χ1) is 12.8. The lowest BCUT2D eigenvalue weighted by molar-refractivity contribution is -0.275. The minimum absolute atomic E-state index is 0.0327. The monoisotopic (exact) mass is 394 g/mol. The summed E-state index contributed by atoms with van der Waals surface area (Å²) in [6, 6.07) is 13.6. The van der Waals surface area contributed by atoms with Gasteiger partial charge in [-0.1, -0.05) is 30.3 Å². The largest absolute Gasteiger partial charge is 0.573 e. The molecule has 0 aliphatic rings. The highest BCUT2D eigenvalue weighted by molar-refractivity contribution is 7.18. The maximum absolute atomic E-state index is 12.5. The van der Waals surface area contributed by atoms with Crippen molar-refractivity contribution < 1.29 is 22.7 Å². The van der Waals surface area contributed by atoms with Crippen molar-refractivity contribution in [1.29, 1.82) is 0 Å². The molecule has 0 N–H and O–H groups in total. The van der Waals surface area contributed by atoms with Crippen molar-refractivity contribution in [2.45, 2.75) is 25.7 Å². The third-order valence-electron chi connectivity index (χ3n) is 3.92. The fourth-order valence-corrected chi connectivity index (χ4v) is 3.60. The molecule has 4 nitrogen and oxygen atoms in total. The second kappa shape index (κ2) is 7.96. The number of amides is 1. The van der Waals surface area contributed by atoms with E-state index in [0.717, 1.165) is 15.2 Å². The fourth-order valence-electron chi connectivity index (χ4n) is 2.63. The molecule has 1 amide bonds. The third-order valence-corrected chi connectivity index (χ3v) is 5.02. The second-order valence-corrected chi connectivity index (χ2v) is 7.10. The van der Waals surface area contributed by atoms with Gasteiger partial charge in [0.1, 0.15) is 5.75 Å². The van der Waals surface area contributed by atoms with Gasteiger partial charge < -0.3 is 9.64 Å². The zero-order valence-corrected chi connectivity index (χ0v) is 15.3. The predicted octanol–water partition coefficient (Wildman–Crippen LogP) is 4.79. The number of carbonyl (C=O) groups excluding carboxylic acids is 1. The van der Waals surface area contributed by atoms with E-state index in [4.69, 9.17) is 0 Å². The van der Waals surface area contributed by atoms with Crippen LogP contribution >= 0.6 is 11.3 Å². The van der Waals surface area contributed by atoms with Gasteiger partial charge in [-0.15, -0.1) is 24.5 Å². The number of nitrogens with zero attached hydrogens (tertiary/aromatic N) is 2. The first kappa shape index (κ1) is 19.2. The van der Waals surface area contributed by atoms with Crippen LogP contribution in [0.4, 0.5) is 13.2 Å². The van der Waals surface area contributed by atoms with Gasteiger partial charge in [0.2, 0.25) is 5.91 Å². The Bertz CT molecular complexity index is 907.